The van der Waals surface area contributed by atoms with Crippen molar-refractivity contribution >= 4 is 5.91 Å². The molecule has 3 N–H and O–H groups in total. The number of rotatable bonds is 18. The Labute approximate surface area is 161 Å². The van der Waals surface area contributed by atoms with Crippen molar-refractivity contribution < 1.29 is 15.0 Å². The molecule has 0 aliphatic heterocycles. The fourth-order valence-electron chi connectivity index (χ4n) is 3.55. The molecule has 0 fully saturated rings. The van der Waals surface area contributed by atoms with Gasteiger partial charge in [0.2, 0.25) is 5.91 Å². The molecular weight excluding hydrogens is 328 g/mol. The van der Waals surface area contributed by atoms with E-state index in [9.17, 15) is 4.79 Å². The Kier molecular flexibility index (Phi) is 16.1. The third-order valence-corrected chi connectivity index (χ3v) is 5.14. The minimum atomic E-state index is -0.0327. The molecule has 0 aliphatic carbocycles. The van der Waals surface area contributed by atoms with Gasteiger partial charge in [-0.25, -0.2) is 0 Å². The number of nitrogens with one attached hydrogen (secondary N) is 1. The van der Waals surface area contributed by atoms with E-state index >= 15 is 0 Å². The molecule has 156 valence electrons. The van der Waals surface area contributed by atoms with E-state index in [0.717, 1.165) is 70.8 Å². The van der Waals surface area contributed by atoms with Crippen molar-refractivity contribution in [3.63, 3.8) is 0 Å². The number of amides is 1. The SMILES string of the molecule is CCCCC(CCCC)(CCCC)NC(=O)CCCN(CCO)CCO. The second-order valence-corrected chi connectivity index (χ2v) is 7.53. The van der Waals surface area contributed by atoms with E-state index in [1.165, 1.54) is 0 Å². The maximum Gasteiger partial charge on any atom is 0.220 e. The first-order valence-electron chi connectivity index (χ1n) is 10.8. The minimum Gasteiger partial charge on any atom is -0.395 e. The van der Waals surface area contributed by atoms with Crippen molar-refractivity contribution in [2.45, 2.75) is 96.9 Å². The Bertz CT molecular complexity index is 309. The Morgan fingerprint density at radius 3 is 1.65 bits per heavy atom. The van der Waals surface area contributed by atoms with E-state index in [4.69, 9.17) is 10.2 Å². The van der Waals surface area contributed by atoms with Gasteiger partial charge in [0.25, 0.3) is 0 Å². The van der Waals surface area contributed by atoms with Crippen LogP contribution in [0.1, 0.15) is 91.4 Å². The Balaban J connectivity index is 4.65. The Morgan fingerprint density at radius 2 is 1.27 bits per heavy atom. The van der Waals surface area contributed by atoms with Gasteiger partial charge in [-0.2, -0.15) is 0 Å². The van der Waals surface area contributed by atoms with Crippen LogP contribution < -0.4 is 5.32 Å². The monoisotopic (exact) mass is 372 g/mol. The Morgan fingerprint density at radius 1 is 0.808 bits per heavy atom. The highest BCUT2D eigenvalue weighted by atomic mass is 16.3. The summed E-state index contributed by atoms with van der Waals surface area (Å²) in [6, 6.07) is 0. The number of unbranched alkanes of at least 4 members (excludes halogenated alkanes) is 3. The first-order chi connectivity index (χ1) is 12.6. The molecule has 0 aliphatic rings. The van der Waals surface area contributed by atoms with Crippen LogP contribution in [0.25, 0.3) is 0 Å². The summed E-state index contributed by atoms with van der Waals surface area (Å²) in [5, 5.41) is 21.6. The van der Waals surface area contributed by atoms with E-state index < -0.39 is 0 Å². The summed E-state index contributed by atoms with van der Waals surface area (Å²) in [6.07, 6.45) is 11.5. The minimum absolute atomic E-state index is 0.0327. The van der Waals surface area contributed by atoms with Crippen molar-refractivity contribution in [3.8, 4) is 0 Å². The van der Waals surface area contributed by atoms with E-state index in [1.54, 1.807) is 0 Å². The van der Waals surface area contributed by atoms with Crippen LogP contribution in [-0.4, -0.2) is 59.4 Å². The quantitative estimate of drug-likeness (QED) is 0.344. The highest BCUT2D eigenvalue weighted by molar-refractivity contribution is 5.76. The van der Waals surface area contributed by atoms with Crippen LogP contribution in [0.4, 0.5) is 0 Å². The van der Waals surface area contributed by atoms with Gasteiger partial charge in [0.1, 0.15) is 0 Å². The molecule has 0 heterocycles. The molecule has 26 heavy (non-hydrogen) atoms. The van der Waals surface area contributed by atoms with E-state index in [-0.39, 0.29) is 24.7 Å². The molecule has 0 aromatic carbocycles. The number of carbonyl (C=O) groups is 1. The highest BCUT2D eigenvalue weighted by Gasteiger charge is 2.29. The molecule has 5 nitrogen and oxygen atoms in total. The van der Waals surface area contributed by atoms with Gasteiger partial charge >= 0.3 is 0 Å². The van der Waals surface area contributed by atoms with Crippen molar-refractivity contribution in [3.05, 3.63) is 0 Å². The lowest BCUT2D eigenvalue weighted by Gasteiger charge is -2.36. The predicted octanol–water partition coefficient (Wildman–Crippen LogP) is 3.48. The van der Waals surface area contributed by atoms with Gasteiger partial charge < -0.3 is 15.5 Å². The summed E-state index contributed by atoms with van der Waals surface area (Å²) in [5.74, 6) is 0.154. The molecular formula is C21H44N2O3. The van der Waals surface area contributed by atoms with Gasteiger partial charge in [-0.1, -0.05) is 59.3 Å². The summed E-state index contributed by atoms with van der Waals surface area (Å²) in [6.45, 7) is 8.64. The third kappa shape index (κ3) is 11.9. The highest BCUT2D eigenvalue weighted by Crippen LogP contribution is 2.28. The first kappa shape index (κ1) is 25.4. The maximum atomic E-state index is 12.6. The number of hydrogen-bond donors (Lipinski definition) is 3. The molecule has 0 saturated carbocycles. The van der Waals surface area contributed by atoms with E-state index in [2.05, 4.69) is 26.1 Å². The van der Waals surface area contributed by atoms with Crippen LogP contribution in [0.3, 0.4) is 0 Å². The van der Waals surface area contributed by atoms with Crippen LogP contribution in [0.15, 0.2) is 0 Å². The number of hydrogen-bond acceptors (Lipinski definition) is 4. The largest absolute Gasteiger partial charge is 0.395 e. The smallest absolute Gasteiger partial charge is 0.220 e. The van der Waals surface area contributed by atoms with E-state index in [0.29, 0.717) is 19.5 Å². The second kappa shape index (κ2) is 16.5. The lowest BCUT2D eigenvalue weighted by Crippen LogP contribution is -2.48. The van der Waals surface area contributed by atoms with Crippen molar-refractivity contribution in [1.82, 2.24) is 10.2 Å². The van der Waals surface area contributed by atoms with Crippen LogP contribution in [0, 0.1) is 0 Å². The summed E-state index contributed by atoms with van der Waals surface area (Å²) < 4.78 is 0. The zero-order valence-corrected chi connectivity index (χ0v) is 17.6. The number of aliphatic hydroxyl groups is 2. The molecule has 0 spiro atoms. The van der Waals surface area contributed by atoms with Crippen LogP contribution >= 0.6 is 0 Å². The van der Waals surface area contributed by atoms with Gasteiger partial charge in [-0.05, 0) is 32.2 Å². The van der Waals surface area contributed by atoms with Gasteiger partial charge in [0.15, 0.2) is 0 Å². The molecule has 1 amide bonds. The maximum absolute atomic E-state index is 12.6. The summed E-state index contributed by atoms with van der Waals surface area (Å²) in [7, 11) is 0. The molecule has 0 aromatic heterocycles. The van der Waals surface area contributed by atoms with Gasteiger partial charge in [-0.15, -0.1) is 0 Å². The van der Waals surface area contributed by atoms with Crippen LogP contribution in [-0.2, 0) is 4.79 Å². The van der Waals surface area contributed by atoms with Crippen LogP contribution in [0.2, 0.25) is 0 Å². The number of carbonyl (C=O) groups excluding carboxylic acids is 1. The topological polar surface area (TPSA) is 72.8 Å². The lowest BCUT2D eigenvalue weighted by molar-refractivity contribution is -0.123. The zero-order chi connectivity index (χ0) is 19.7. The summed E-state index contributed by atoms with van der Waals surface area (Å²) in [5.41, 5.74) is -0.0327. The normalized spacial score (nSPS) is 11.9. The average Bonchev–Trinajstić information content (AvgIpc) is 2.63. The molecule has 0 aromatic rings. The van der Waals surface area contributed by atoms with Gasteiger partial charge in [0, 0.05) is 25.0 Å². The second-order valence-electron chi connectivity index (χ2n) is 7.53. The molecule has 0 saturated heterocycles. The summed E-state index contributed by atoms with van der Waals surface area (Å²) >= 11 is 0. The summed E-state index contributed by atoms with van der Waals surface area (Å²) in [4.78, 5) is 14.6. The molecule has 0 rings (SSSR count). The standard InChI is InChI=1S/C21H44N2O3/c1-4-7-12-21(13-8-5-2,14-9-6-3)22-20(26)11-10-15-23(16-18-24)17-19-25/h24-25H,4-19H2,1-3H3,(H,22,26). The van der Waals surface area contributed by atoms with Crippen molar-refractivity contribution in [2.24, 2.45) is 0 Å². The Hall–Kier alpha value is -0.650. The van der Waals surface area contributed by atoms with Crippen molar-refractivity contribution in [2.75, 3.05) is 32.8 Å². The van der Waals surface area contributed by atoms with Crippen molar-refractivity contribution in [1.29, 1.82) is 0 Å². The lowest BCUT2D eigenvalue weighted by atomic mass is 9.82. The first-order valence-corrected chi connectivity index (χ1v) is 10.8. The number of aliphatic hydroxyl groups excluding tert-OH is 2. The fraction of sp³-hybridized carbons (Fsp3) is 0.952. The molecule has 0 unspecified atom stereocenters. The van der Waals surface area contributed by atoms with E-state index in [1.807, 2.05) is 4.90 Å². The number of nitrogens with zero attached hydrogens (tertiary/aromatic N) is 1. The predicted molar refractivity (Wildman–Crippen MR) is 109 cm³/mol. The van der Waals surface area contributed by atoms with Gasteiger partial charge in [0.05, 0.1) is 13.2 Å². The van der Waals surface area contributed by atoms with Gasteiger partial charge in [-0.3, -0.25) is 9.69 Å². The van der Waals surface area contributed by atoms with Crippen LogP contribution in [0.5, 0.6) is 0 Å². The molecule has 0 atom stereocenters. The molecule has 5 heteroatoms. The molecule has 0 radical (unpaired) electrons. The average molecular weight is 373 g/mol. The molecule has 0 bridgehead atoms. The third-order valence-electron chi connectivity index (χ3n) is 5.14. The zero-order valence-electron chi connectivity index (χ0n) is 17.6. The fourth-order valence-corrected chi connectivity index (χ4v) is 3.55.